The Morgan fingerprint density at radius 3 is 2.58 bits per heavy atom. The van der Waals surface area contributed by atoms with Gasteiger partial charge in [-0.15, -0.1) is 0 Å². The molecule has 0 saturated heterocycles. The number of para-hydroxylation sites is 1. The Kier molecular flexibility index (Phi) is 5.22. The molecule has 2 amide bonds. The van der Waals surface area contributed by atoms with E-state index in [1.165, 1.54) is 0 Å². The maximum atomic E-state index is 12.1. The summed E-state index contributed by atoms with van der Waals surface area (Å²) in [7, 11) is 0. The highest BCUT2D eigenvalue weighted by molar-refractivity contribution is 5.86. The van der Waals surface area contributed by atoms with Crippen LogP contribution < -0.4 is 10.6 Å². The van der Waals surface area contributed by atoms with Crippen LogP contribution in [0, 0.1) is 6.92 Å². The summed E-state index contributed by atoms with van der Waals surface area (Å²) in [6, 6.07) is 13.9. The summed E-state index contributed by atoms with van der Waals surface area (Å²) in [5.41, 5.74) is 3.86. The van der Waals surface area contributed by atoms with Crippen molar-refractivity contribution in [3.63, 3.8) is 0 Å². The first-order chi connectivity index (χ1) is 12.5. The Morgan fingerprint density at radius 2 is 1.81 bits per heavy atom. The number of H-pyrrole nitrogens is 1. The van der Waals surface area contributed by atoms with Crippen molar-refractivity contribution in [2.24, 2.45) is 0 Å². The molecule has 1 unspecified atom stereocenters. The fraction of sp³-hybridized carbons (Fsp3) is 0.200. The topological polar surface area (TPSA) is 94.2 Å². The van der Waals surface area contributed by atoms with E-state index in [2.05, 4.69) is 15.6 Å². The number of amides is 2. The number of aromatic nitrogens is 1. The van der Waals surface area contributed by atoms with Crippen LogP contribution in [0.3, 0.4) is 0 Å². The molecule has 0 radical (unpaired) electrons. The number of hydrogen-bond donors (Lipinski definition) is 4. The summed E-state index contributed by atoms with van der Waals surface area (Å²) in [5.74, 6) is -1.07. The second-order valence-electron chi connectivity index (χ2n) is 6.21. The maximum Gasteiger partial charge on any atom is 0.326 e. The first-order valence-corrected chi connectivity index (χ1v) is 8.41. The van der Waals surface area contributed by atoms with Crippen LogP contribution in [0.2, 0.25) is 0 Å². The van der Waals surface area contributed by atoms with Crippen LogP contribution in [-0.4, -0.2) is 28.1 Å². The predicted octanol–water partition coefficient (Wildman–Crippen LogP) is 2.97. The third kappa shape index (κ3) is 4.03. The lowest BCUT2D eigenvalue weighted by molar-refractivity contribution is -0.139. The molecule has 0 aliphatic rings. The molecule has 0 fully saturated rings. The summed E-state index contributed by atoms with van der Waals surface area (Å²) in [6.07, 6.45) is 1.99. The monoisotopic (exact) mass is 351 g/mol. The number of aryl methyl sites for hydroxylation is 1. The summed E-state index contributed by atoms with van der Waals surface area (Å²) in [6.45, 7) is 2.31. The SMILES string of the molecule is Cc1ccccc1CNC(=O)NC(Cc1c[nH]c2ccccc12)C(=O)O. The zero-order valence-corrected chi connectivity index (χ0v) is 14.5. The van der Waals surface area contributed by atoms with Gasteiger partial charge < -0.3 is 20.7 Å². The number of urea groups is 1. The van der Waals surface area contributed by atoms with Gasteiger partial charge in [0.2, 0.25) is 0 Å². The van der Waals surface area contributed by atoms with E-state index in [1.54, 1.807) is 6.20 Å². The van der Waals surface area contributed by atoms with E-state index in [0.717, 1.165) is 27.6 Å². The third-order valence-corrected chi connectivity index (χ3v) is 4.40. The Bertz CT molecular complexity index is 933. The van der Waals surface area contributed by atoms with E-state index >= 15 is 0 Å². The van der Waals surface area contributed by atoms with Gasteiger partial charge >= 0.3 is 12.0 Å². The Labute approximate surface area is 151 Å². The second-order valence-corrected chi connectivity index (χ2v) is 6.21. The van der Waals surface area contributed by atoms with Crippen molar-refractivity contribution in [1.29, 1.82) is 0 Å². The average molecular weight is 351 g/mol. The van der Waals surface area contributed by atoms with Crippen molar-refractivity contribution in [2.75, 3.05) is 0 Å². The Hall–Kier alpha value is -3.28. The van der Waals surface area contributed by atoms with Crippen LogP contribution in [0.15, 0.2) is 54.7 Å². The maximum absolute atomic E-state index is 12.1. The van der Waals surface area contributed by atoms with Crippen molar-refractivity contribution in [2.45, 2.75) is 25.9 Å². The smallest absolute Gasteiger partial charge is 0.326 e. The van der Waals surface area contributed by atoms with Crippen molar-refractivity contribution >= 4 is 22.9 Å². The lowest BCUT2D eigenvalue weighted by Crippen LogP contribution is -2.46. The number of carboxylic acids is 1. The molecule has 3 aromatic rings. The van der Waals surface area contributed by atoms with Gasteiger partial charge in [0.25, 0.3) is 0 Å². The second kappa shape index (κ2) is 7.74. The average Bonchev–Trinajstić information content (AvgIpc) is 3.03. The minimum atomic E-state index is -1.07. The summed E-state index contributed by atoms with van der Waals surface area (Å²) < 4.78 is 0. The number of aliphatic carboxylic acids is 1. The zero-order chi connectivity index (χ0) is 18.5. The van der Waals surface area contributed by atoms with Gasteiger partial charge in [0.05, 0.1) is 0 Å². The van der Waals surface area contributed by atoms with E-state index in [-0.39, 0.29) is 6.42 Å². The van der Waals surface area contributed by atoms with E-state index in [9.17, 15) is 14.7 Å². The normalized spacial score (nSPS) is 11.9. The molecule has 1 aromatic heterocycles. The van der Waals surface area contributed by atoms with Crippen LogP contribution in [-0.2, 0) is 17.8 Å². The fourth-order valence-electron chi connectivity index (χ4n) is 2.91. The van der Waals surface area contributed by atoms with Gasteiger partial charge in [0.1, 0.15) is 6.04 Å². The Morgan fingerprint density at radius 1 is 1.08 bits per heavy atom. The minimum absolute atomic E-state index is 0.205. The highest BCUT2D eigenvalue weighted by Gasteiger charge is 2.21. The molecule has 0 saturated carbocycles. The summed E-state index contributed by atoms with van der Waals surface area (Å²) in [5, 5.41) is 15.7. The quantitative estimate of drug-likeness (QED) is 0.550. The first-order valence-electron chi connectivity index (χ1n) is 8.41. The molecule has 0 bridgehead atoms. The lowest BCUT2D eigenvalue weighted by Gasteiger charge is -2.15. The molecule has 1 heterocycles. The molecule has 2 aromatic carbocycles. The van der Waals surface area contributed by atoms with Crippen LogP contribution >= 0.6 is 0 Å². The van der Waals surface area contributed by atoms with E-state index in [1.807, 2.05) is 55.5 Å². The van der Waals surface area contributed by atoms with Crippen molar-refractivity contribution in [1.82, 2.24) is 15.6 Å². The van der Waals surface area contributed by atoms with Crippen LogP contribution in [0.4, 0.5) is 4.79 Å². The predicted molar refractivity (Wildman–Crippen MR) is 100.0 cm³/mol. The Balaban J connectivity index is 1.64. The third-order valence-electron chi connectivity index (χ3n) is 4.40. The van der Waals surface area contributed by atoms with Gasteiger partial charge in [-0.1, -0.05) is 42.5 Å². The number of fused-ring (bicyclic) bond motifs is 1. The number of rotatable bonds is 6. The van der Waals surface area contributed by atoms with E-state index in [0.29, 0.717) is 6.54 Å². The van der Waals surface area contributed by atoms with Gasteiger partial charge in [-0.05, 0) is 29.7 Å². The zero-order valence-electron chi connectivity index (χ0n) is 14.5. The van der Waals surface area contributed by atoms with Crippen molar-refractivity contribution in [3.8, 4) is 0 Å². The summed E-state index contributed by atoms with van der Waals surface area (Å²) in [4.78, 5) is 26.8. The van der Waals surface area contributed by atoms with Crippen molar-refractivity contribution < 1.29 is 14.7 Å². The highest BCUT2D eigenvalue weighted by Crippen LogP contribution is 2.19. The molecular weight excluding hydrogens is 330 g/mol. The molecule has 0 spiro atoms. The largest absolute Gasteiger partial charge is 0.480 e. The van der Waals surface area contributed by atoms with Gasteiger partial charge in [-0.3, -0.25) is 0 Å². The number of carboxylic acid groups (broad SMARTS) is 1. The molecule has 26 heavy (non-hydrogen) atoms. The molecule has 0 aliphatic heterocycles. The van der Waals surface area contributed by atoms with Crippen LogP contribution in [0.25, 0.3) is 10.9 Å². The molecule has 1 atom stereocenters. The number of carbonyl (C=O) groups is 2. The van der Waals surface area contributed by atoms with Crippen molar-refractivity contribution in [3.05, 3.63) is 71.4 Å². The molecule has 6 heteroatoms. The number of aromatic amines is 1. The molecule has 134 valence electrons. The van der Waals surface area contributed by atoms with Gasteiger partial charge in [-0.25, -0.2) is 9.59 Å². The van der Waals surface area contributed by atoms with E-state index < -0.39 is 18.0 Å². The van der Waals surface area contributed by atoms with Crippen LogP contribution in [0.5, 0.6) is 0 Å². The molecule has 4 N–H and O–H groups in total. The first kappa shape index (κ1) is 17.5. The molecule has 0 aliphatic carbocycles. The number of hydrogen-bond acceptors (Lipinski definition) is 2. The lowest BCUT2D eigenvalue weighted by atomic mass is 10.1. The number of carbonyl (C=O) groups excluding carboxylic acids is 1. The minimum Gasteiger partial charge on any atom is -0.480 e. The molecule has 3 rings (SSSR count). The van der Waals surface area contributed by atoms with Crippen LogP contribution in [0.1, 0.15) is 16.7 Å². The molecule has 6 nitrogen and oxygen atoms in total. The standard InChI is InChI=1S/C20H21N3O3/c1-13-6-2-3-7-14(13)11-22-20(26)23-18(19(24)25)10-15-12-21-17-9-5-4-8-16(15)17/h2-9,12,18,21H,10-11H2,1H3,(H,24,25)(H2,22,23,26). The summed E-state index contributed by atoms with van der Waals surface area (Å²) >= 11 is 0. The van der Waals surface area contributed by atoms with Gasteiger partial charge in [0.15, 0.2) is 0 Å². The molecular formula is C20H21N3O3. The van der Waals surface area contributed by atoms with Gasteiger partial charge in [0, 0.05) is 30.1 Å². The van der Waals surface area contributed by atoms with Gasteiger partial charge in [-0.2, -0.15) is 0 Å². The number of nitrogens with one attached hydrogen (secondary N) is 3. The van der Waals surface area contributed by atoms with E-state index in [4.69, 9.17) is 0 Å². The fourth-order valence-corrected chi connectivity index (χ4v) is 2.91. The highest BCUT2D eigenvalue weighted by atomic mass is 16.4. The number of benzene rings is 2.